The number of nitrogens with one attached hydrogen (secondary N) is 2. The van der Waals surface area contributed by atoms with Crippen LogP contribution in [-0.2, 0) is 24.8 Å². The van der Waals surface area contributed by atoms with Crippen LogP contribution in [0.2, 0.25) is 10.0 Å². The summed E-state index contributed by atoms with van der Waals surface area (Å²) in [5.41, 5.74) is 0.377. The summed E-state index contributed by atoms with van der Waals surface area (Å²) in [6.07, 6.45) is 2.42. The Morgan fingerprint density at radius 2 is 1.78 bits per heavy atom. The first-order valence-corrected chi connectivity index (χ1v) is 13.7. The largest absolute Gasteiger partial charge is 0.325 e. The third kappa shape index (κ3) is 6.11. The summed E-state index contributed by atoms with van der Waals surface area (Å²) in [7, 11) is -7.68. The summed E-state index contributed by atoms with van der Waals surface area (Å²) >= 11 is 13.1. The summed E-state index contributed by atoms with van der Waals surface area (Å²) in [5.74, 6) is -0.655. The predicted octanol–water partition coefficient (Wildman–Crippen LogP) is 3.66. The van der Waals surface area contributed by atoms with Crippen LogP contribution in [0.15, 0.2) is 58.9 Å². The van der Waals surface area contributed by atoms with Crippen LogP contribution in [0.1, 0.15) is 0 Å². The van der Waals surface area contributed by atoms with E-state index >= 15 is 0 Å². The summed E-state index contributed by atoms with van der Waals surface area (Å²) in [6, 6.07) is 9.59. The quantitative estimate of drug-likeness (QED) is 0.454. The summed E-state index contributed by atoms with van der Waals surface area (Å²) in [5, 5.41) is 4.77. The van der Waals surface area contributed by atoms with E-state index in [4.69, 9.17) is 23.2 Å². The minimum absolute atomic E-state index is 0.0311. The molecule has 3 rings (SSSR count). The maximum atomic E-state index is 12.5. The molecule has 0 atom stereocenters. The lowest BCUT2D eigenvalue weighted by Gasteiger charge is -2.23. The van der Waals surface area contributed by atoms with Gasteiger partial charge in [-0.15, -0.1) is 11.3 Å². The van der Waals surface area contributed by atoms with Gasteiger partial charge in [0.05, 0.1) is 21.9 Å². The van der Waals surface area contributed by atoms with E-state index in [-0.39, 0.29) is 26.4 Å². The number of carbonyl (C=O) groups excluding carboxylic acids is 1. The van der Waals surface area contributed by atoms with E-state index in [1.807, 2.05) is 0 Å². The van der Waals surface area contributed by atoms with E-state index in [0.717, 1.165) is 21.9 Å². The molecule has 0 radical (unpaired) electrons. The minimum atomic E-state index is -3.84. The monoisotopic (exact) mass is 534 g/mol. The average molecular weight is 535 g/mol. The Labute approximate surface area is 199 Å². The van der Waals surface area contributed by atoms with Gasteiger partial charge in [0.15, 0.2) is 5.13 Å². The average Bonchev–Trinajstić information content (AvgIpc) is 3.18. The topological polar surface area (TPSA) is 126 Å². The zero-order valence-electron chi connectivity index (χ0n) is 16.3. The van der Waals surface area contributed by atoms with Crippen LogP contribution in [0.3, 0.4) is 0 Å². The Morgan fingerprint density at radius 3 is 2.34 bits per heavy atom. The maximum Gasteiger partial charge on any atom is 0.263 e. The Kier molecular flexibility index (Phi) is 7.30. The highest BCUT2D eigenvalue weighted by molar-refractivity contribution is 7.93. The van der Waals surface area contributed by atoms with Crippen molar-refractivity contribution in [2.24, 2.45) is 0 Å². The van der Waals surface area contributed by atoms with Crippen molar-refractivity contribution in [3.63, 3.8) is 0 Å². The third-order valence-electron chi connectivity index (χ3n) is 3.97. The molecule has 0 aliphatic heterocycles. The number of rotatable bonds is 8. The molecule has 9 nitrogen and oxygen atoms in total. The Bertz CT molecular complexity index is 1330. The van der Waals surface area contributed by atoms with Crippen molar-refractivity contribution >= 4 is 77.0 Å². The zero-order valence-corrected chi connectivity index (χ0v) is 20.3. The molecule has 0 aliphatic rings. The van der Waals surface area contributed by atoms with Crippen LogP contribution < -0.4 is 14.3 Å². The number of hydrogen-bond donors (Lipinski definition) is 2. The van der Waals surface area contributed by atoms with Crippen molar-refractivity contribution in [1.82, 2.24) is 4.98 Å². The second-order valence-corrected chi connectivity index (χ2v) is 11.7. The lowest BCUT2D eigenvalue weighted by atomic mass is 10.3. The highest BCUT2D eigenvalue weighted by Crippen LogP contribution is 2.30. The second-order valence-electron chi connectivity index (χ2n) is 6.38. The van der Waals surface area contributed by atoms with Gasteiger partial charge < -0.3 is 5.32 Å². The van der Waals surface area contributed by atoms with Gasteiger partial charge in [-0.25, -0.2) is 21.8 Å². The molecule has 1 heterocycles. The first kappa shape index (κ1) is 24.3. The van der Waals surface area contributed by atoms with Gasteiger partial charge in [0.1, 0.15) is 6.54 Å². The van der Waals surface area contributed by atoms with Gasteiger partial charge in [-0.2, -0.15) is 0 Å². The molecule has 0 bridgehead atoms. The number of halogens is 2. The van der Waals surface area contributed by atoms with Crippen LogP contribution in [0.25, 0.3) is 0 Å². The Hall–Kier alpha value is -2.38. The second kappa shape index (κ2) is 9.63. The standard InChI is InChI=1S/C18H16Cl2N4O5S3/c1-31(26,27)24(16-7-2-12(19)10-15(16)20)11-17(25)22-13-3-5-14(6-4-13)32(28,29)23-18-21-8-9-30-18/h2-10H,11H2,1H3,(H,21,23)(H,22,25). The molecule has 0 aliphatic carbocycles. The summed E-state index contributed by atoms with van der Waals surface area (Å²) in [6.45, 7) is -0.550. The molecule has 1 aromatic heterocycles. The number of carbonyl (C=O) groups is 1. The molecule has 0 fully saturated rings. The van der Waals surface area contributed by atoms with E-state index in [2.05, 4.69) is 15.0 Å². The van der Waals surface area contributed by atoms with Crippen LogP contribution in [0.4, 0.5) is 16.5 Å². The Morgan fingerprint density at radius 1 is 1.09 bits per heavy atom. The molecule has 170 valence electrons. The van der Waals surface area contributed by atoms with Crippen molar-refractivity contribution in [2.45, 2.75) is 4.90 Å². The molecular weight excluding hydrogens is 519 g/mol. The minimum Gasteiger partial charge on any atom is -0.325 e. The molecule has 0 unspecified atom stereocenters. The number of anilines is 3. The van der Waals surface area contributed by atoms with E-state index in [0.29, 0.717) is 5.02 Å². The van der Waals surface area contributed by atoms with Gasteiger partial charge in [-0.1, -0.05) is 23.2 Å². The molecule has 2 aromatic carbocycles. The van der Waals surface area contributed by atoms with E-state index < -0.39 is 32.5 Å². The number of sulfonamides is 2. The number of nitrogens with zero attached hydrogens (tertiary/aromatic N) is 2. The van der Waals surface area contributed by atoms with Gasteiger partial charge in [-0.05, 0) is 42.5 Å². The van der Waals surface area contributed by atoms with Crippen LogP contribution in [0, 0.1) is 0 Å². The fourth-order valence-corrected chi connectivity index (χ4v) is 5.78. The van der Waals surface area contributed by atoms with Crippen molar-refractivity contribution < 1.29 is 21.6 Å². The van der Waals surface area contributed by atoms with Crippen LogP contribution in [0.5, 0.6) is 0 Å². The lowest BCUT2D eigenvalue weighted by molar-refractivity contribution is -0.114. The van der Waals surface area contributed by atoms with Crippen LogP contribution >= 0.6 is 34.5 Å². The highest BCUT2D eigenvalue weighted by atomic mass is 35.5. The first-order valence-electron chi connectivity index (χ1n) is 8.71. The van der Waals surface area contributed by atoms with Crippen molar-refractivity contribution in [2.75, 3.05) is 27.1 Å². The van der Waals surface area contributed by atoms with Crippen molar-refractivity contribution in [1.29, 1.82) is 0 Å². The molecule has 0 saturated heterocycles. The van der Waals surface area contributed by atoms with Gasteiger partial charge in [0.2, 0.25) is 15.9 Å². The number of aromatic nitrogens is 1. The predicted molar refractivity (Wildman–Crippen MR) is 127 cm³/mol. The summed E-state index contributed by atoms with van der Waals surface area (Å²) in [4.78, 5) is 16.3. The molecule has 1 amide bonds. The van der Waals surface area contributed by atoms with E-state index in [9.17, 15) is 21.6 Å². The fourth-order valence-electron chi connectivity index (χ4n) is 2.56. The Balaban J connectivity index is 1.73. The van der Waals surface area contributed by atoms with Gasteiger partial charge in [-0.3, -0.25) is 13.8 Å². The smallest absolute Gasteiger partial charge is 0.263 e. The number of thiazole rings is 1. The first-order chi connectivity index (χ1) is 15.0. The maximum absolute atomic E-state index is 12.5. The van der Waals surface area contributed by atoms with Gasteiger partial charge in [0, 0.05) is 22.3 Å². The van der Waals surface area contributed by atoms with Crippen molar-refractivity contribution in [3.05, 3.63) is 64.1 Å². The van der Waals surface area contributed by atoms with Gasteiger partial charge >= 0.3 is 0 Å². The summed E-state index contributed by atoms with van der Waals surface area (Å²) < 4.78 is 52.4. The van der Waals surface area contributed by atoms with Crippen molar-refractivity contribution in [3.8, 4) is 0 Å². The lowest BCUT2D eigenvalue weighted by Crippen LogP contribution is -2.37. The molecule has 32 heavy (non-hydrogen) atoms. The molecule has 0 spiro atoms. The van der Waals surface area contributed by atoms with E-state index in [1.54, 1.807) is 5.38 Å². The van der Waals surface area contributed by atoms with Crippen LogP contribution in [-0.4, -0.2) is 40.5 Å². The number of benzene rings is 2. The fraction of sp³-hybridized carbons (Fsp3) is 0.111. The normalized spacial score (nSPS) is 11.7. The zero-order chi connectivity index (χ0) is 23.5. The molecular formula is C18H16Cl2N4O5S3. The highest BCUT2D eigenvalue weighted by Gasteiger charge is 2.23. The third-order valence-corrected chi connectivity index (χ3v) is 7.81. The molecule has 3 aromatic rings. The molecule has 2 N–H and O–H groups in total. The molecule has 14 heteroatoms. The molecule has 0 saturated carbocycles. The number of amides is 1. The van der Waals surface area contributed by atoms with Gasteiger partial charge in [0.25, 0.3) is 10.0 Å². The number of hydrogen-bond acceptors (Lipinski definition) is 7. The SMILES string of the molecule is CS(=O)(=O)N(CC(=O)Nc1ccc(S(=O)(=O)Nc2nccs2)cc1)c1ccc(Cl)cc1Cl. The van der Waals surface area contributed by atoms with E-state index in [1.165, 1.54) is 48.7 Å².